The van der Waals surface area contributed by atoms with Gasteiger partial charge in [-0.15, -0.1) is 12.4 Å². The molecule has 1 amide bonds. The first-order valence-electron chi connectivity index (χ1n) is 6.81. The van der Waals surface area contributed by atoms with Gasteiger partial charge in [0, 0.05) is 26.6 Å². The summed E-state index contributed by atoms with van der Waals surface area (Å²) >= 11 is 0. The number of nitrogens with zero attached hydrogens (tertiary/aromatic N) is 1. The van der Waals surface area contributed by atoms with Crippen molar-refractivity contribution in [3.05, 3.63) is 0 Å². The quantitative estimate of drug-likeness (QED) is 0.845. The minimum Gasteiger partial charge on any atom is -0.380 e. The third kappa shape index (κ3) is 4.41. The molecule has 106 valence electrons. The van der Waals surface area contributed by atoms with Crippen molar-refractivity contribution in [3.63, 3.8) is 0 Å². The zero-order chi connectivity index (χ0) is 12.1. The van der Waals surface area contributed by atoms with Gasteiger partial charge in [-0.3, -0.25) is 4.79 Å². The molecule has 0 aliphatic carbocycles. The van der Waals surface area contributed by atoms with Gasteiger partial charge in [0.1, 0.15) is 0 Å². The Kier molecular flexibility index (Phi) is 6.97. The third-order valence-electron chi connectivity index (χ3n) is 4.06. The number of carbonyl (C=O) groups is 1. The van der Waals surface area contributed by atoms with Crippen LogP contribution in [-0.2, 0) is 9.53 Å². The third-order valence-corrected chi connectivity index (χ3v) is 4.06. The Hall–Kier alpha value is -0.320. The fraction of sp³-hybridized carbons (Fsp3) is 0.923. The van der Waals surface area contributed by atoms with Crippen molar-refractivity contribution in [1.29, 1.82) is 0 Å². The van der Waals surface area contributed by atoms with Crippen molar-refractivity contribution in [1.82, 2.24) is 10.2 Å². The molecule has 1 atom stereocenters. The predicted molar refractivity (Wildman–Crippen MR) is 74.1 cm³/mol. The number of piperidine rings is 1. The van der Waals surface area contributed by atoms with E-state index in [0.717, 1.165) is 51.4 Å². The van der Waals surface area contributed by atoms with Crippen molar-refractivity contribution < 1.29 is 9.53 Å². The molecule has 0 aromatic carbocycles. The number of hydrogen-bond donors (Lipinski definition) is 1. The van der Waals surface area contributed by atoms with E-state index in [9.17, 15) is 4.79 Å². The van der Waals surface area contributed by atoms with Gasteiger partial charge < -0.3 is 15.0 Å². The van der Waals surface area contributed by atoms with E-state index in [1.165, 1.54) is 12.8 Å². The molecule has 2 rings (SSSR count). The van der Waals surface area contributed by atoms with Crippen LogP contribution in [0.3, 0.4) is 0 Å². The summed E-state index contributed by atoms with van der Waals surface area (Å²) in [6.07, 6.45) is 5.51. The summed E-state index contributed by atoms with van der Waals surface area (Å²) in [5.74, 6) is 1.07. The maximum atomic E-state index is 12.0. The van der Waals surface area contributed by atoms with Gasteiger partial charge in [0.15, 0.2) is 0 Å². The summed E-state index contributed by atoms with van der Waals surface area (Å²) in [7, 11) is 1.73. The zero-order valence-corrected chi connectivity index (χ0v) is 12.0. The summed E-state index contributed by atoms with van der Waals surface area (Å²) in [4.78, 5) is 14.0. The van der Waals surface area contributed by atoms with Crippen molar-refractivity contribution in [2.75, 3.05) is 33.3 Å². The zero-order valence-electron chi connectivity index (χ0n) is 11.2. The summed E-state index contributed by atoms with van der Waals surface area (Å²) in [5.41, 5.74) is 0. The molecular weight excluding hydrogens is 252 g/mol. The van der Waals surface area contributed by atoms with E-state index in [1.807, 2.05) is 4.90 Å². The molecular formula is C13H25ClN2O2. The van der Waals surface area contributed by atoms with Gasteiger partial charge in [0.05, 0.1) is 6.10 Å². The number of ether oxygens (including phenoxy) is 1. The first kappa shape index (κ1) is 15.7. The monoisotopic (exact) mass is 276 g/mol. The lowest BCUT2D eigenvalue weighted by atomic mass is 9.93. The second-order valence-corrected chi connectivity index (χ2v) is 5.22. The SMILES string of the molecule is CO[C@@H]1CCN(C(=O)CCC2CCNCC2)C1.Cl. The van der Waals surface area contributed by atoms with Gasteiger partial charge in [0.25, 0.3) is 0 Å². The van der Waals surface area contributed by atoms with E-state index in [4.69, 9.17) is 4.74 Å². The van der Waals surface area contributed by atoms with Crippen LogP contribution in [0.25, 0.3) is 0 Å². The Labute approximate surface area is 116 Å². The van der Waals surface area contributed by atoms with Gasteiger partial charge in [-0.2, -0.15) is 0 Å². The molecule has 2 saturated heterocycles. The number of methoxy groups -OCH3 is 1. The Bertz CT molecular complexity index is 257. The molecule has 0 bridgehead atoms. The van der Waals surface area contributed by atoms with Crippen LogP contribution in [0, 0.1) is 5.92 Å². The molecule has 5 heteroatoms. The molecule has 0 saturated carbocycles. The van der Waals surface area contributed by atoms with Crippen LogP contribution >= 0.6 is 12.4 Å². The number of halogens is 1. The summed E-state index contributed by atoms with van der Waals surface area (Å²) in [5, 5.41) is 3.36. The standard InChI is InChI=1S/C13H24N2O2.ClH/c1-17-12-6-9-15(10-12)13(16)3-2-11-4-7-14-8-5-11;/h11-12,14H,2-10H2,1H3;1H/t12-;/m1./s1. The fourth-order valence-corrected chi connectivity index (χ4v) is 2.80. The summed E-state index contributed by atoms with van der Waals surface area (Å²) < 4.78 is 5.28. The van der Waals surface area contributed by atoms with E-state index in [-0.39, 0.29) is 18.5 Å². The second-order valence-electron chi connectivity index (χ2n) is 5.22. The Morgan fingerprint density at radius 2 is 2.06 bits per heavy atom. The lowest BCUT2D eigenvalue weighted by Crippen LogP contribution is -2.31. The molecule has 0 aromatic heterocycles. The van der Waals surface area contributed by atoms with Crippen LogP contribution in [0.4, 0.5) is 0 Å². The maximum absolute atomic E-state index is 12.0. The highest BCUT2D eigenvalue weighted by Gasteiger charge is 2.26. The first-order valence-corrected chi connectivity index (χ1v) is 6.81. The fourth-order valence-electron chi connectivity index (χ4n) is 2.80. The summed E-state index contributed by atoms with van der Waals surface area (Å²) in [6.45, 7) is 3.91. The summed E-state index contributed by atoms with van der Waals surface area (Å²) in [6, 6.07) is 0. The molecule has 1 N–H and O–H groups in total. The molecule has 0 aromatic rings. The lowest BCUT2D eigenvalue weighted by molar-refractivity contribution is -0.130. The Morgan fingerprint density at radius 1 is 1.33 bits per heavy atom. The van der Waals surface area contributed by atoms with Gasteiger partial charge >= 0.3 is 0 Å². The van der Waals surface area contributed by atoms with E-state index in [2.05, 4.69) is 5.32 Å². The number of carbonyl (C=O) groups excluding carboxylic acids is 1. The van der Waals surface area contributed by atoms with Gasteiger partial charge in [-0.1, -0.05) is 0 Å². The first-order chi connectivity index (χ1) is 8.29. The van der Waals surface area contributed by atoms with E-state index < -0.39 is 0 Å². The number of amides is 1. The smallest absolute Gasteiger partial charge is 0.222 e. The predicted octanol–water partition coefficient (Wildman–Crippen LogP) is 1.44. The lowest BCUT2D eigenvalue weighted by Gasteiger charge is -2.23. The molecule has 2 aliphatic heterocycles. The largest absolute Gasteiger partial charge is 0.380 e. The van der Waals surface area contributed by atoms with Crippen LogP contribution < -0.4 is 5.32 Å². The van der Waals surface area contributed by atoms with E-state index >= 15 is 0 Å². The van der Waals surface area contributed by atoms with E-state index in [0.29, 0.717) is 5.91 Å². The number of likely N-dealkylation sites (tertiary alicyclic amines) is 1. The van der Waals surface area contributed by atoms with Crippen LogP contribution in [0.1, 0.15) is 32.1 Å². The molecule has 0 unspecified atom stereocenters. The van der Waals surface area contributed by atoms with E-state index in [1.54, 1.807) is 7.11 Å². The van der Waals surface area contributed by atoms with Crippen LogP contribution in [0.15, 0.2) is 0 Å². The van der Waals surface area contributed by atoms with Crippen molar-refractivity contribution >= 4 is 18.3 Å². The number of nitrogens with one attached hydrogen (secondary N) is 1. The molecule has 4 nitrogen and oxygen atoms in total. The second kappa shape index (κ2) is 7.97. The highest BCUT2D eigenvalue weighted by molar-refractivity contribution is 5.85. The molecule has 0 spiro atoms. The molecule has 2 heterocycles. The van der Waals surface area contributed by atoms with Gasteiger partial charge in [0.2, 0.25) is 5.91 Å². The average molecular weight is 277 g/mol. The number of rotatable bonds is 4. The maximum Gasteiger partial charge on any atom is 0.222 e. The Balaban J connectivity index is 0.00000162. The highest BCUT2D eigenvalue weighted by Crippen LogP contribution is 2.20. The van der Waals surface area contributed by atoms with Crippen LogP contribution in [0.2, 0.25) is 0 Å². The highest BCUT2D eigenvalue weighted by atomic mass is 35.5. The van der Waals surface area contributed by atoms with Crippen molar-refractivity contribution in [2.24, 2.45) is 5.92 Å². The molecule has 2 aliphatic rings. The molecule has 0 radical (unpaired) electrons. The number of hydrogen-bond acceptors (Lipinski definition) is 3. The van der Waals surface area contributed by atoms with Crippen LogP contribution in [0.5, 0.6) is 0 Å². The minimum absolute atomic E-state index is 0. The average Bonchev–Trinajstić information content (AvgIpc) is 2.86. The van der Waals surface area contributed by atoms with Gasteiger partial charge in [-0.05, 0) is 44.7 Å². The molecule has 2 fully saturated rings. The van der Waals surface area contributed by atoms with Crippen molar-refractivity contribution in [2.45, 2.75) is 38.2 Å². The molecule has 18 heavy (non-hydrogen) atoms. The Morgan fingerprint density at radius 3 is 2.67 bits per heavy atom. The topological polar surface area (TPSA) is 41.6 Å². The normalized spacial score (nSPS) is 24.9. The van der Waals surface area contributed by atoms with Gasteiger partial charge in [-0.25, -0.2) is 0 Å². The van der Waals surface area contributed by atoms with Crippen LogP contribution in [-0.4, -0.2) is 50.2 Å². The minimum atomic E-state index is 0. The van der Waals surface area contributed by atoms with Crippen molar-refractivity contribution in [3.8, 4) is 0 Å².